The Morgan fingerprint density at radius 3 is 2.42 bits per heavy atom. The van der Waals surface area contributed by atoms with Crippen molar-refractivity contribution in [3.63, 3.8) is 0 Å². The molecule has 0 spiro atoms. The van der Waals surface area contributed by atoms with Crippen LogP contribution in [0.15, 0.2) is 41.3 Å². The minimum absolute atomic E-state index is 0.177. The molecule has 4 rings (SSSR count). The molecule has 1 heterocycles. The van der Waals surface area contributed by atoms with E-state index in [1.807, 2.05) is 17.0 Å². The van der Waals surface area contributed by atoms with Gasteiger partial charge in [0.2, 0.25) is 15.9 Å². The predicted octanol–water partition coefficient (Wildman–Crippen LogP) is 2.79. The van der Waals surface area contributed by atoms with Gasteiger partial charge in [0.15, 0.2) is 11.6 Å². The quantitative estimate of drug-likeness (QED) is 0.736. The Labute approximate surface area is 180 Å². The number of carbonyl (C=O) groups excluding carboxylic acids is 1. The molecule has 1 fully saturated rings. The van der Waals surface area contributed by atoms with Crippen molar-refractivity contribution in [1.29, 1.82) is 0 Å². The molecule has 0 aromatic heterocycles. The van der Waals surface area contributed by atoms with E-state index in [0.29, 0.717) is 37.6 Å². The lowest BCUT2D eigenvalue weighted by Crippen LogP contribution is -2.49. The molecular formula is C22H25F2N3O3S. The zero-order valence-electron chi connectivity index (χ0n) is 17.1. The van der Waals surface area contributed by atoms with E-state index >= 15 is 0 Å². The summed E-state index contributed by atoms with van der Waals surface area (Å²) in [4.78, 5) is 14.5. The molecule has 6 nitrogen and oxygen atoms in total. The van der Waals surface area contributed by atoms with E-state index in [4.69, 9.17) is 0 Å². The number of benzene rings is 2. The zero-order chi connectivity index (χ0) is 22.0. The van der Waals surface area contributed by atoms with E-state index in [-0.39, 0.29) is 18.0 Å². The summed E-state index contributed by atoms with van der Waals surface area (Å²) < 4.78 is 53.7. The Kier molecular flexibility index (Phi) is 6.36. The number of hydrogen-bond acceptors (Lipinski definition) is 4. The average molecular weight is 450 g/mol. The summed E-state index contributed by atoms with van der Waals surface area (Å²) in [6.45, 7) is 2.25. The van der Waals surface area contributed by atoms with Crippen LogP contribution in [0.3, 0.4) is 0 Å². The highest BCUT2D eigenvalue weighted by Gasteiger charge is 2.29. The molecular weight excluding hydrogens is 424 g/mol. The van der Waals surface area contributed by atoms with Gasteiger partial charge in [-0.15, -0.1) is 0 Å². The zero-order valence-corrected chi connectivity index (χ0v) is 17.9. The Bertz CT molecular complexity index is 1080. The lowest BCUT2D eigenvalue weighted by molar-refractivity contribution is -0.116. The van der Waals surface area contributed by atoms with E-state index in [9.17, 15) is 22.0 Å². The van der Waals surface area contributed by atoms with Gasteiger partial charge in [-0.3, -0.25) is 4.79 Å². The molecule has 166 valence electrons. The topological polar surface area (TPSA) is 69.7 Å². The Balaban J connectivity index is 1.27. The normalized spacial score (nSPS) is 17.5. The Hall–Kier alpha value is -2.36. The minimum Gasteiger partial charge on any atom is -0.326 e. The Morgan fingerprint density at radius 2 is 1.68 bits per heavy atom. The van der Waals surface area contributed by atoms with Gasteiger partial charge in [0.1, 0.15) is 0 Å². The molecule has 1 amide bonds. The molecule has 0 saturated carbocycles. The number of nitrogens with one attached hydrogen (secondary N) is 1. The molecule has 0 atom stereocenters. The summed E-state index contributed by atoms with van der Waals surface area (Å²) in [5, 5.41) is 2.55. The number of nitrogens with zero attached hydrogens (tertiary/aromatic N) is 2. The summed E-state index contributed by atoms with van der Waals surface area (Å²) in [5.41, 5.74) is 2.58. The molecule has 0 bridgehead atoms. The molecule has 0 radical (unpaired) electrons. The molecule has 1 saturated heterocycles. The van der Waals surface area contributed by atoms with Crippen molar-refractivity contribution in [2.75, 3.05) is 38.0 Å². The number of hydrogen-bond donors (Lipinski definition) is 1. The minimum atomic E-state index is -3.53. The van der Waals surface area contributed by atoms with Gasteiger partial charge < -0.3 is 10.2 Å². The summed E-state index contributed by atoms with van der Waals surface area (Å²) in [5.74, 6) is -2.29. The van der Waals surface area contributed by atoms with Gasteiger partial charge in [-0.1, -0.05) is 6.07 Å². The molecule has 1 aliphatic heterocycles. The number of rotatable bonds is 6. The summed E-state index contributed by atoms with van der Waals surface area (Å²) in [6, 6.07) is 8.65. The largest absolute Gasteiger partial charge is 0.326 e. The van der Waals surface area contributed by atoms with Crippen LogP contribution in [0.5, 0.6) is 0 Å². The summed E-state index contributed by atoms with van der Waals surface area (Å²) >= 11 is 0. The number of halogens is 2. The third kappa shape index (κ3) is 4.94. The van der Waals surface area contributed by atoms with E-state index in [0.717, 1.165) is 37.0 Å². The van der Waals surface area contributed by atoms with Crippen LogP contribution in [0.25, 0.3) is 0 Å². The lowest BCUT2D eigenvalue weighted by atomic mass is 10.1. The summed E-state index contributed by atoms with van der Waals surface area (Å²) in [6.07, 6.45) is 3.19. The van der Waals surface area contributed by atoms with Crippen LogP contribution in [-0.4, -0.2) is 56.3 Å². The SMILES string of the molecule is O=C(CCN1CCN(S(=O)(=O)c2ccc3c(c2)CCC3)CC1)Nc1ccc(F)c(F)c1. The monoisotopic (exact) mass is 449 g/mol. The van der Waals surface area contributed by atoms with Crippen molar-refractivity contribution < 1.29 is 22.0 Å². The van der Waals surface area contributed by atoms with Crippen molar-refractivity contribution in [2.24, 2.45) is 0 Å². The highest BCUT2D eigenvalue weighted by Crippen LogP contribution is 2.26. The second-order valence-corrected chi connectivity index (χ2v) is 9.89. The van der Waals surface area contributed by atoms with Crippen LogP contribution < -0.4 is 5.32 Å². The maximum atomic E-state index is 13.2. The van der Waals surface area contributed by atoms with Crippen LogP contribution in [0.4, 0.5) is 14.5 Å². The molecule has 1 aliphatic carbocycles. The van der Waals surface area contributed by atoms with Crippen molar-refractivity contribution in [2.45, 2.75) is 30.6 Å². The van der Waals surface area contributed by atoms with E-state index in [1.165, 1.54) is 15.9 Å². The fourth-order valence-electron chi connectivity index (χ4n) is 4.11. The lowest BCUT2D eigenvalue weighted by Gasteiger charge is -2.33. The Morgan fingerprint density at radius 1 is 0.935 bits per heavy atom. The smallest absolute Gasteiger partial charge is 0.243 e. The fraction of sp³-hybridized carbons (Fsp3) is 0.409. The number of sulfonamides is 1. The van der Waals surface area contributed by atoms with Gasteiger partial charge in [-0.05, 0) is 54.7 Å². The van der Waals surface area contributed by atoms with Crippen molar-refractivity contribution >= 4 is 21.6 Å². The van der Waals surface area contributed by atoms with Gasteiger partial charge in [0, 0.05) is 50.9 Å². The molecule has 2 aromatic carbocycles. The number of amides is 1. The van der Waals surface area contributed by atoms with E-state index in [1.54, 1.807) is 6.07 Å². The van der Waals surface area contributed by atoms with E-state index < -0.39 is 21.7 Å². The van der Waals surface area contributed by atoms with Crippen LogP contribution in [0.2, 0.25) is 0 Å². The van der Waals surface area contributed by atoms with Crippen LogP contribution in [0.1, 0.15) is 24.0 Å². The second kappa shape index (κ2) is 9.02. The first-order valence-corrected chi connectivity index (χ1v) is 11.9. The molecule has 2 aliphatic rings. The molecule has 31 heavy (non-hydrogen) atoms. The number of carbonyl (C=O) groups is 1. The number of anilines is 1. The van der Waals surface area contributed by atoms with Crippen LogP contribution in [-0.2, 0) is 27.7 Å². The van der Waals surface area contributed by atoms with Crippen molar-refractivity contribution in [3.05, 3.63) is 59.2 Å². The van der Waals surface area contributed by atoms with Crippen molar-refractivity contribution in [1.82, 2.24) is 9.21 Å². The number of piperazine rings is 1. The maximum Gasteiger partial charge on any atom is 0.243 e. The van der Waals surface area contributed by atoms with Gasteiger partial charge >= 0.3 is 0 Å². The first kappa shape index (κ1) is 21.9. The first-order valence-electron chi connectivity index (χ1n) is 10.4. The van der Waals surface area contributed by atoms with E-state index in [2.05, 4.69) is 5.32 Å². The molecule has 1 N–H and O–H groups in total. The summed E-state index contributed by atoms with van der Waals surface area (Å²) in [7, 11) is -3.53. The second-order valence-electron chi connectivity index (χ2n) is 7.96. The third-order valence-electron chi connectivity index (χ3n) is 5.90. The van der Waals surface area contributed by atoms with Crippen LogP contribution in [0, 0.1) is 11.6 Å². The maximum absolute atomic E-state index is 13.2. The standard InChI is InChI=1S/C22H25F2N3O3S/c23-20-7-5-18(15-21(20)24)25-22(28)8-9-26-10-12-27(13-11-26)31(29,30)19-6-4-16-2-1-3-17(16)14-19/h4-7,14-15H,1-3,8-13H2,(H,25,28). The molecule has 9 heteroatoms. The van der Waals surface area contributed by atoms with Gasteiger partial charge in [0.05, 0.1) is 4.90 Å². The highest BCUT2D eigenvalue weighted by molar-refractivity contribution is 7.89. The fourth-order valence-corrected chi connectivity index (χ4v) is 5.58. The van der Waals surface area contributed by atoms with Gasteiger partial charge in [0.25, 0.3) is 0 Å². The first-order chi connectivity index (χ1) is 14.8. The van der Waals surface area contributed by atoms with Crippen molar-refractivity contribution in [3.8, 4) is 0 Å². The number of fused-ring (bicyclic) bond motifs is 1. The number of aryl methyl sites for hydroxylation is 2. The van der Waals surface area contributed by atoms with Gasteiger partial charge in [-0.2, -0.15) is 4.31 Å². The average Bonchev–Trinajstić information content (AvgIpc) is 3.23. The molecule has 0 unspecified atom stereocenters. The molecule has 2 aromatic rings. The third-order valence-corrected chi connectivity index (χ3v) is 7.79. The van der Waals surface area contributed by atoms with Crippen LogP contribution >= 0.6 is 0 Å². The highest BCUT2D eigenvalue weighted by atomic mass is 32.2. The van der Waals surface area contributed by atoms with Gasteiger partial charge in [-0.25, -0.2) is 17.2 Å². The predicted molar refractivity (Wildman–Crippen MR) is 113 cm³/mol.